The molecule has 0 bridgehead atoms. The summed E-state index contributed by atoms with van der Waals surface area (Å²) >= 11 is 0. The lowest BCUT2D eigenvalue weighted by molar-refractivity contribution is 1.18. The maximum Gasteiger partial charge on any atom is -0.0377 e. The lowest BCUT2D eigenvalue weighted by Crippen LogP contribution is -1.58. The number of hydrogen-bond acceptors (Lipinski definition) is 0. The second-order valence-electron chi connectivity index (χ2n) is 7.73. The highest BCUT2D eigenvalue weighted by molar-refractivity contribution is 5.04. The van der Waals surface area contributed by atoms with Gasteiger partial charge in [-0.15, -0.1) is 13.2 Å². The van der Waals surface area contributed by atoms with Crippen molar-refractivity contribution in [2.24, 2.45) is 0 Å². The Morgan fingerprint density at radius 1 is 0.438 bits per heavy atom. The molecule has 0 heteroatoms. The minimum absolute atomic E-state index is 1.08. The van der Waals surface area contributed by atoms with Gasteiger partial charge in [-0.2, -0.15) is 0 Å². The van der Waals surface area contributed by atoms with Crippen LogP contribution in [0.3, 0.4) is 0 Å². The molecule has 0 aromatic heterocycles. The Balaban J connectivity index is -0.0000000639. The maximum atomic E-state index is 3.52. The molecule has 0 N–H and O–H groups in total. The van der Waals surface area contributed by atoms with E-state index in [2.05, 4.69) is 93.9 Å². The molecule has 0 aromatic carbocycles. The van der Waals surface area contributed by atoms with Crippen molar-refractivity contribution in [2.75, 3.05) is 0 Å². The van der Waals surface area contributed by atoms with E-state index < -0.39 is 0 Å². The van der Waals surface area contributed by atoms with Crippen LogP contribution in [0.5, 0.6) is 0 Å². The third-order valence-corrected chi connectivity index (χ3v) is 2.70. The average molecular weight is 445 g/mol. The van der Waals surface area contributed by atoms with Crippen LogP contribution in [-0.2, 0) is 0 Å². The summed E-state index contributed by atoms with van der Waals surface area (Å²) in [4.78, 5) is 0. The molecule has 0 rings (SSSR count). The van der Waals surface area contributed by atoms with E-state index in [1.165, 1.54) is 35.1 Å². The van der Waals surface area contributed by atoms with Gasteiger partial charge >= 0.3 is 0 Å². The van der Waals surface area contributed by atoms with E-state index >= 15 is 0 Å². The summed E-state index contributed by atoms with van der Waals surface area (Å²) in [5.74, 6) is 0. The molecular weight excluding hydrogens is 384 g/mol. The van der Waals surface area contributed by atoms with Gasteiger partial charge in [0.15, 0.2) is 0 Å². The Morgan fingerprint density at radius 2 is 0.656 bits per heavy atom. The highest BCUT2D eigenvalue weighted by Crippen LogP contribution is 1.89. The normalized spacial score (nSPS) is 7.12. The molecule has 0 aliphatic carbocycles. The molecule has 32 heavy (non-hydrogen) atoms. The van der Waals surface area contributed by atoms with E-state index in [1.54, 1.807) is 12.2 Å². The monoisotopic (exact) mass is 444 g/mol. The van der Waals surface area contributed by atoms with Gasteiger partial charge in [0.25, 0.3) is 0 Å². The van der Waals surface area contributed by atoms with Crippen LogP contribution in [0, 0.1) is 0 Å². The summed E-state index contributed by atoms with van der Waals surface area (Å²) in [5, 5.41) is 0. The fraction of sp³-hybridized carbons (Fsp3) is 0.500. The van der Waals surface area contributed by atoms with Crippen molar-refractivity contribution in [3.05, 3.63) is 97.2 Å². The Hall–Kier alpha value is -2.08. The minimum Gasteiger partial charge on any atom is -0.103 e. The first-order chi connectivity index (χ1) is 14.9. The van der Waals surface area contributed by atoms with Crippen LogP contribution in [0.4, 0.5) is 0 Å². The minimum atomic E-state index is 1.08. The van der Waals surface area contributed by atoms with E-state index in [9.17, 15) is 0 Å². The van der Waals surface area contributed by atoms with Crippen molar-refractivity contribution in [3.8, 4) is 0 Å². The molecule has 0 aliphatic heterocycles. The third-order valence-electron chi connectivity index (χ3n) is 2.70. The average Bonchev–Trinajstić information content (AvgIpc) is 2.69. The predicted octanol–water partition coefficient (Wildman–Crippen LogP) is 12.2. The van der Waals surface area contributed by atoms with Gasteiger partial charge in [-0.25, -0.2) is 0 Å². The van der Waals surface area contributed by atoms with Gasteiger partial charge in [0.05, 0.1) is 0 Å². The van der Waals surface area contributed by atoms with Gasteiger partial charge < -0.3 is 0 Å². The SMILES string of the molecule is C=CC=C(C)C.C=CC=C(C)C.C=CCC.C=CCC.CCC=C(C)C.CCC=C(C)C. The summed E-state index contributed by atoms with van der Waals surface area (Å²) in [6.07, 6.45) is 20.2. The van der Waals surface area contributed by atoms with E-state index in [0.717, 1.165) is 12.8 Å². The smallest absolute Gasteiger partial charge is 0.0377 e. The third kappa shape index (κ3) is 142. The maximum absolute atomic E-state index is 3.52. The Morgan fingerprint density at radius 3 is 0.656 bits per heavy atom. The molecule has 0 amide bonds. The number of rotatable bonds is 6. The molecule has 0 saturated heterocycles. The first-order valence-corrected chi connectivity index (χ1v) is 11.9. The molecular formula is C32H60. The molecule has 0 atom stereocenters. The lowest BCUT2D eigenvalue weighted by atomic mass is 10.3. The molecule has 0 saturated carbocycles. The molecule has 0 aromatic rings. The van der Waals surface area contributed by atoms with Crippen molar-refractivity contribution in [3.63, 3.8) is 0 Å². The van der Waals surface area contributed by atoms with Crippen LogP contribution in [0.15, 0.2) is 97.2 Å². The van der Waals surface area contributed by atoms with Crippen LogP contribution < -0.4 is 0 Å². The van der Waals surface area contributed by atoms with Gasteiger partial charge in [-0.3, -0.25) is 0 Å². The molecule has 0 unspecified atom stereocenters. The quantitative estimate of drug-likeness (QED) is 0.282. The van der Waals surface area contributed by atoms with Crippen LogP contribution in [0.2, 0.25) is 0 Å². The molecule has 0 radical (unpaired) electrons. The van der Waals surface area contributed by atoms with Gasteiger partial charge in [-0.1, -0.05) is 112 Å². The summed E-state index contributed by atoms with van der Waals surface area (Å²) in [6, 6.07) is 0. The van der Waals surface area contributed by atoms with E-state index in [1.807, 2.05) is 52.0 Å². The Labute approximate surface area is 206 Å². The van der Waals surface area contributed by atoms with Crippen LogP contribution >= 0.6 is 0 Å². The van der Waals surface area contributed by atoms with Gasteiger partial charge in [0.1, 0.15) is 0 Å². The number of allylic oxidation sites excluding steroid dienone is 12. The molecule has 0 fully saturated rings. The van der Waals surface area contributed by atoms with Crippen molar-refractivity contribution >= 4 is 0 Å². The van der Waals surface area contributed by atoms with Crippen molar-refractivity contribution in [1.82, 2.24) is 0 Å². The zero-order valence-electron chi connectivity index (χ0n) is 24.3. The highest BCUT2D eigenvalue weighted by Gasteiger charge is 1.68. The van der Waals surface area contributed by atoms with Crippen LogP contribution in [-0.4, -0.2) is 0 Å². The topological polar surface area (TPSA) is 0 Å². The predicted molar refractivity (Wildman–Crippen MR) is 160 cm³/mol. The van der Waals surface area contributed by atoms with Gasteiger partial charge in [0, 0.05) is 0 Å². The zero-order chi connectivity index (χ0) is 26.8. The van der Waals surface area contributed by atoms with Crippen LogP contribution in [0.1, 0.15) is 109 Å². The first kappa shape index (κ1) is 43.7. The molecule has 0 spiro atoms. The van der Waals surface area contributed by atoms with E-state index in [4.69, 9.17) is 0 Å². The summed E-state index contributed by atoms with van der Waals surface area (Å²) in [7, 11) is 0. The van der Waals surface area contributed by atoms with E-state index in [-0.39, 0.29) is 0 Å². The second kappa shape index (κ2) is 46.9. The van der Waals surface area contributed by atoms with Gasteiger partial charge in [-0.05, 0) is 81.1 Å². The molecule has 0 heterocycles. The summed E-state index contributed by atoms with van der Waals surface area (Å²) in [6.45, 7) is 39.1. The second-order valence-corrected chi connectivity index (χ2v) is 7.73. The largest absolute Gasteiger partial charge is 0.103 e. The van der Waals surface area contributed by atoms with Crippen LogP contribution in [0.25, 0.3) is 0 Å². The van der Waals surface area contributed by atoms with E-state index in [0.29, 0.717) is 0 Å². The first-order valence-electron chi connectivity index (χ1n) is 11.9. The summed E-state index contributed by atoms with van der Waals surface area (Å²) < 4.78 is 0. The fourth-order valence-corrected chi connectivity index (χ4v) is 1.29. The van der Waals surface area contributed by atoms with Gasteiger partial charge in [0.2, 0.25) is 0 Å². The number of hydrogen-bond donors (Lipinski definition) is 0. The molecule has 0 aliphatic rings. The zero-order valence-corrected chi connectivity index (χ0v) is 24.3. The summed E-state index contributed by atoms with van der Waals surface area (Å²) in [5.41, 5.74) is 5.42. The standard InChI is InChI=1S/2C6H12.2C6H10.2C4H8/c4*1-4-5-6(2)3;2*1-3-4-2/h2*5H,4H2,1-3H3;2*4-5H,1H2,2-3H3;2*3H,1,4H2,2H3. The molecule has 188 valence electrons. The van der Waals surface area contributed by atoms with Crippen molar-refractivity contribution < 1.29 is 0 Å². The molecule has 0 nitrogen and oxygen atoms in total. The highest BCUT2D eigenvalue weighted by atomic mass is 13.8. The lowest BCUT2D eigenvalue weighted by Gasteiger charge is -1.80. The Bertz CT molecular complexity index is 440. The van der Waals surface area contributed by atoms with Crippen molar-refractivity contribution in [1.29, 1.82) is 0 Å². The Kier molecular flexibility index (Phi) is 64.1. The fourth-order valence-electron chi connectivity index (χ4n) is 1.29. The van der Waals surface area contributed by atoms with Crippen molar-refractivity contribution in [2.45, 2.75) is 109 Å².